The third-order valence-electron chi connectivity index (χ3n) is 3.85. The molecule has 0 bridgehead atoms. The molecule has 1 heterocycles. The Bertz CT molecular complexity index is 779. The maximum atomic E-state index is 12.0. The summed E-state index contributed by atoms with van der Waals surface area (Å²) in [5, 5.41) is 12.1. The smallest absolute Gasteiger partial charge is 0.310 e. The summed E-state index contributed by atoms with van der Waals surface area (Å²) in [6, 6.07) is 16.8. The molecule has 1 aliphatic heterocycles. The van der Waals surface area contributed by atoms with Crippen molar-refractivity contribution in [2.75, 3.05) is 6.61 Å². The average Bonchev–Trinajstić information content (AvgIpc) is 2.93. The Labute approximate surface area is 155 Å². The predicted molar refractivity (Wildman–Crippen MR) is 101 cm³/mol. The molecule has 0 spiro atoms. The number of ether oxygens (including phenoxy) is 1. The monoisotopic (exact) mass is 375 g/mol. The van der Waals surface area contributed by atoms with Gasteiger partial charge in [0.15, 0.2) is 5.72 Å². The van der Waals surface area contributed by atoms with E-state index in [9.17, 15) is 9.90 Å². The SMILES string of the molecule is CCOC(=O)CC1(O)N=C(c2ccc(Cl)cc2)SC1c1ccccc1. The highest BCUT2D eigenvalue weighted by Crippen LogP contribution is 2.49. The van der Waals surface area contributed by atoms with Crippen LogP contribution in [-0.2, 0) is 9.53 Å². The molecule has 1 N–H and O–H groups in total. The number of thioether (sulfide) groups is 1. The number of rotatable bonds is 5. The molecule has 25 heavy (non-hydrogen) atoms. The molecule has 0 saturated heterocycles. The van der Waals surface area contributed by atoms with Gasteiger partial charge >= 0.3 is 5.97 Å². The van der Waals surface area contributed by atoms with Crippen molar-refractivity contribution in [3.63, 3.8) is 0 Å². The van der Waals surface area contributed by atoms with E-state index in [1.165, 1.54) is 11.8 Å². The van der Waals surface area contributed by atoms with E-state index in [0.717, 1.165) is 11.1 Å². The molecule has 3 rings (SSSR count). The Balaban J connectivity index is 1.95. The van der Waals surface area contributed by atoms with Gasteiger partial charge in [0.05, 0.1) is 18.3 Å². The molecule has 0 saturated carbocycles. The Morgan fingerprint density at radius 2 is 1.92 bits per heavy atom. The quantitative estimate of drug-likeness (QED) is 0.795. The minimum atomic E-state index is -1.55. The second-order valence-corrected chi connectivity index (χ2v) is 7.22. The van der Waals surface area contributed by atoms with Crippen LogP contribution in [0.3, 0.4) is 0 Å². The maximum Gasteiger partial charge on any atom is 0.310 e. The summed E-state index contributed by atoms with van der Waals surface area (Å²) >= 11 is 7.38. The highest BCUT2D eigenvalue weighted by Gasteiger charge is 2.46. The second kappa shape index (κ2) is 7.60. The van der Waals surface area contributed by atoms with Crippen molar-refractivity contribution < 1.29 is 14.6 Å². The van der Waals surface area contributed by atoms with Gasteiger partial charge in [-0.05, 0) is 24.6 Å². The summed E-state index contributed by atoms with van der Waals surface area (Å²) in [6.07, 6.45) is -0.190. The van der Waals surface area contributed by atoms with Crippen LogP contribution in [0.25, 0.3) is 0 Å². The lowest BCUT2D eigenvalue weighted by Crippen LogP contribution is -2.33. The van der Waals surface area contributed by atoms with Crippen molar-refractivity contribution in [2.24, 2.45) is 4.99 Å². The lowest BCUT2D eigenvalue weighted by molar-refractivity contribution is -0.148. The fourth-order valence-electron chi connectivity index (χ4n) is 2.71. The molecule has 2 atom stereocenters. The third-order valence-corrected chi connectivity index (χ3v) is 5.54. The molecule has 2 aromatic rings. The van der Waals surface area contributed by atoms with Crippen LogP contribution in [-0.4, -0.2) is 28.5 Å². The van der Waals surface area contributed by atoms with Gasteiger partial charge < -0.3 is 9.84 Å². The largest absolute Gasteiger partial charge is 0.466 e. The molecule has 0 radical (unpaired) electrons. The number of esters is 1. The fraction of sp³-hybridized carbons (Fsp3) is 0.263. The van der Waals surface area contributed by atoms with Gasteiger partial charge in [0.2, 0.25) is 0 Å². The van der Waals surface area contributed by atoms with Gasteiger partial charge in [-0.15, -0.1) is 0 Å². The van der Waals surface area contributed by atoms with Crippen molar-refractivity contribution in [3.8, 4) is 0 Å². The molecule has 1 aliphatic rings. The zero-order valence-corrected chi connectivity index (χ0v) is 15.3. The van der Waals surface area contributed by atoms with Crippen molar-refractivity contribution in [2.45, 2.75) is 24.3 Å². The van der Waals surface area contributed by atoms with Crippen LogP contribution in [0, 0.1) is 0 Å². The topological polar surface area (TPSA) is 58.9 Å². The van der Waals surface area contributed by atoms with Crippen LogP contribution in [0.1, 0.15) is 29.7 Å². The molecule has 0 fully saturated rings. The normalized spacial score (nSPS) is 22.5. The zero-order chi connectivity index (χ0) is 17.9. The first-order chi connectivity index (χ1) is 12.0. The van der Waals surface area contributed by atoms with Gasteiger partial charge in [-0.3, -0.25) is 4.79 Å². The number of benzene rings is 2. The Kier molecular flexibility index (Phi) is 5.47. The van der Waals surface area contributed by atoms with Crippen LogP contribution in [0.5, 0.6) is 0 Å². The highest BCUT2D eigenvalue weighted by molar-refractivity contribution is 8.15. The Morgan fingerprint density at radius 1 is 1.24 bits per heavy atom. The summed E-state index contributed by atoms with van der Waals surface area (Å²) in [4.78, 5) is 16.5. The minimum Gasteiger partial charge on any atom is -0.466 e. The van der Waals surface area contributed by atoms with E-state index in [-0.39, 0.29) is 18.3 Å². The molecule has 2 unspecified atom stereocenters. The molecular formula is C19H18ClNO3S. The molecule has 0 aromatic heterocycles. The van der Waals surface area contributed by atoms with Crippen LogP contribution >= 0.6 is 23.4 Å². The molecule has 0 aliphatic carbocycles. The number of nitrogens with zero attached hydrogens (tertiary/aromatic N) is 1. The van der Waals surface area contributed by atoms with Gasteiger partial charge in [-0.2, -0.15) is 0 Å². The number of aliphatic hydroxyl groups is 1. The first-order valence-corrected chi connectivity index (χ1v) is 9.23. The molecule has 6 heteroatoms. The van der Waals surface area contributed by atoms with Crippen molar-refractivity contribution in [1.29, 1.82) is 0 Å². The van der Waals surface area contributed by atoms with E-state index in [2.05, 4.69) is 4.99 Å². The molecule has 4 nitrogen and oxygen atoms in total. The van der Waals surface area contributed by atoms with E-state index in [4.69, 9.17) is 16.3 Å². The number of hydrogen-bond acceptors (Lipinski definition) is 5. The molecule has 0 amide bonds. The number of halogens is 1. The summed E-state index contributed by atoms with van der Waals surface area (Å²) in [5.74, 6) is -0.465. The third kappa shape index (κ3) is 4.06. The van der Waals surface area contributed by atoms with E-state index in [1.807, 2.05) is 42.5 Å². The van der Waals surface area contributed by atoms with E-state index in [1.54, 1.807) is 19.1 Å². The highest BCUT2D eigenvalue weighted by atomic mass is 35.5. The number of aliphatic imine (C=N–C) groups is 1. The first-order valence-electron chi connectivity index (χ1n) is 7.97. The fourth-order valence-corrected chi connectivity index (χ4v) is 4.16. The standard InChI is InChI=1S/C19H18ClNO3S/c1-2-24-16(22)12-19(23)17(13-6-4-3-5-7-13)25-18(21-19)14-8-10-15(20)11-9-14/h3-11,17,23H,2,12H2,1H3. The Hall–Kier alpha value is -1.82. The lowest BCUT2D eigenvalue weighted by atomic mass is 9.99. The lowest BCUT2D eigenvalue weighted by Gasteiger charge is -2.26. The Morgan fingerprint density at radius 3 is 2.56 bits per heavy atom. The predicted octanol–water partition coefficient (Wildman–Crippen LogP) is 4.22. The first kappa shape index (κ1) is 18.0. The average molecular weight is 376 g/mol. The minimum absolute atomic E-state index is 0.190. The van der Waals surface area contributed by atoms with Crippen LogP contribution in [0.4, 0.5) is 0 Å². The van der Waals surface area contributed by atoms with Gasteiger partial charge in [-0.25, -0.2) is 4.99 Å². The van der Waals surface area contributed by atoms with Crippen molar-refractivity contribution >= 4 is 34.4 Å². The van der Waals surface area contributed by atoms with E-state index < -0.39 is 11.7 Å². The van der Waals surface area contributed by atoms with Crippen LogP contribution in [0.2, 0.25) is 5.02 Å². The molecule has 2 aromatic carbocycles. The van der Waals surface area contributed by atoms with Crippen molar-refractivity contribution in [1.82, 2.24) is 0 Å². The van der Waals surface area contributed by atoms with Crippen molar-refractivity contribution in [3.05, 3.63) is 70.7 Å². The van der Waals surface area contributed by atoms with E-state index in [0.29, 0.717) is 10.1 Å². The van der Waals surface area contributed by atoms with Crippen LogP contribution < -0.4 is 0 Å². The number of carbonyl (C=O) groups is 1. The van der Waals surface area contributed by atoms with Gasteiger partial charge in [0.1, 0.15) is 5.04 Å². The molecular weight excluding hydrogens is 358 g/mol. The van der Waals surface area contributed by atoms with Crippen LogP contribution in [0.15, 0.2) is 59.6 Å². The zero-order valence-electron chi connectivity index (χ0n) is 13.7. The summed E-state index contributed by atoms with van der Waals surface area (Å²) < 4.78 is 5.02. The van der Waals surface area contributed by atoms with Gasteiger partial charge in [0.25, 0.3) is 0 Å². The number of carbonyl (C=O) groups excluding carboxylic acids is 1. The summed E-state index contributed by atoms with van der Waals surface area (Å²) in [7, 11) is 0. The van der Waals surface area contributed by atoms with E-state index >= 15 is 0 Å². The van der Waals surface area contributed by atoms with Gasteiger partial charge in [0, 0.05) is 10.6 Å². The maximum absolute atomic E-state index is 12.0. The summed E-state index contributed by atoms with van der Waals surface area (Å²) in [6.45, 7) is 2.01. The molecule has 130 valence electrons. The van der Waals surface area contributed by atoms with Gasteiger partial charge in [-0.1, -0.05) is 65.8 Å². The summed E-state index contributed by atoms with van der Waals surface area (Å²) in [5.41, 5.74) is 0.217. The number of hydrogen-bond donors (Lipinski definition) is 1. The second-order valence-electron chi connectivity index (χ2n) is 5.69.